The number of nitrogens with two attached hydrogens (primary N) is 1. The van der Waals surface area contributed by atoms with Gasteiger partial charge in [0.25, 0.3) is 5.69 Å². The number of nitriles is 1. The van der Waals surface area contributed by atoms with Crippen LogP contribution in [0.15, 0.2) is 59.2 Å². The number of nitro benzene ring substituents is 1. The van der Waals surface area contributed by atoms with Crippen LogP contribution in [0.25, 0.3) is 0 Å². The van der Waals surface area contributed by atoms with E-state index < -0.39 is 10.8 Å². The Morgan fingerprint density at radius 2 is 1.97 bits per heavy atom. The average Bonchev–Trinajstić information content (AvgIpc) is 2.77. The van der Waals surface area contributed by atoms with Crippen molar-refractivity contribution < 1.29 is 19.2 Å². The van der Waals surface area contributed by atoms with E-state index in [9.17, 15) is 20.2 Å². The normalized spacial score (nSPS) is 17.8. The van der Waals surface area contributed by atoms with E-state index >= 15 is 0 Å². The topological polar surface area (TPSA) is 128 Å². The molecular formula is C23H17I2N3O5. The molecule has 8 nitrogen and oxygen atoms in total. The Morgan fingerprint density at radius 1 is 1.24 bits per heavy atom. The molecule has 1 aliphatic carbocycles. The lowest BCUT2D eigenvalue weighted by atomic mass is 9.77. The van der Waals surface area contributed by atoms with Crippen LogP contribution in [0.3, 0.4) is 0 Å². The fraction of sp³-hybridized carbons (Fsp3) is 0.217. The number of ketones is 1. The molecule has 0 radical (unpaired) electrons. The standard InChI is InChI=1S/C23H17I2N3O5/c24-16-8-13(20-15(10-26)23(27)33-19-6-2-5-18(29)21(19)20)9-17(25)22(16)32-11-12-3-1-4-14(7-12)28(30)31/h1,3-4,7-9,20H,2,5-6,11,27H2/t20-/m1/s1. The summed E-state index contributed by atoms with van der Waals surface area (Å²) >= 11 is 4.29. The summed E-state index contributed by atoms with van der Waals surface area (Å²) in [5, 5.41) is 20.8. The number of benzene rings is 2. The van der Waals surface area contributed by atoms with Gasteiger partial charge in [0, 0.05) is 30.5 Å². The quantitative estimate of drug-likeness (QED) is 0.264. The molecule has 1 atom stereocenters. The van der Waals surface area contributed by atoms with Gasteiger partial charge in [-0.2, -0.15) is 5.26 Å². The van der Waals surface area contributed by atoms with E-state index in [0.29, 0.717) is 41.9 Å². The zero-order valence-electron chi connectivity index (χ0n) is 17.1. The van der Waals surface area contributed by atoms with E-state index in [0.717, 1.165) is 12.7 Å². The summed E-state index contributed by atoms with van der Waals surface area (Å²) in [7, 11) is 0. The number of halogens is 2. The number of Topliss-reactive ketones (excluding diaryl/α,β-unsaturated/α-hetero) is 1. The molecule has 10 heteroatoms. The van der Waals surface area contributed by atoms with Crippen molar-refractivity contribution in [1.82, 2.24) is 0 Å². The summed E-state index contributed by atoms with van der Waals surface area (Å²) in [6, 6.07) is 12.2. The fourth-order valence-electron chi connectivity index (χ4n) is 3.99. The summed E-state index contributed by atoms with van der Waals surface area (Å²) in [5.74, 6) is 0.589. The van der Waals surface area contributed by atoms with Crippen molar-refractivity contribution in [2.45, 2.75) is 31.8 Å². The predicted octanol–water partition coefficient (Wildman–Crippen LogP) is 5.20. The van der Waals surface area contributed by atoms with Gasteiger partial charge < -0.3 is 15.2 Å². The Bertz CT molecular complexity index is 1260. The molecular weight excluding hydrogens is 652 g/mol. The smallest absolute Gasteiger partial charge is 0.269 e. The van der Waals surface area contributed by atoms with E-state index in [2.05, 4.69) is 51.3 Å². The number of ether oxygens (including phenoxy) is 2. The van der Waals surface area contributed by atoms with Crippen LogP contribution in [0.2, 0.25) is 0 Å². The zero-order chi connectivity index (χ0) is 23.7. The lowest BCUT2D eigenvalue weighted by Crippen LogP contribution is -2.27. The van der Waals surface area contributed by atoms with E-state index in [1.54, 1.807) is 12.1 Å². The maximum Gasteiger partial charge on any atom is 0.269 e. The zero-order valence-corrected chi connectivity index (χ0v) is 21.5. The molecule has 0 spiro atoms. The highest BCUT2D eigenvalue weighted by Gasteiger charge is 2.38. The second-order valence-corrected chi connectivity index (χ2v) is 9.89. The van der Waals surface area contributed by atoms with Crippen LogP contribution < -0.4 is 10.5 Å². The maximum absolute atomic E-state index is 12.8. The van der Waals surface area contributed by atoms with Crippen LogP contribution in [0, 0.1) is 28.6 Å². The van der Waals surface area contributed by atoms with Crippen molar-refractivity contribution in [3.63, 3.8) is 0 Å². The maximum atomic E-state index is 12.8. The Labute approximate surface area is 216 Å². The Balaban J connectivity index is 1.67. The summed E-state index contributed by atoms with van der Waals surface area (Å²) in [4.78, 5) is 23.3. The van der Waals surface area contributed by atoms with Crippen LogP contribution in [0.4, 0.5) is 5.69 Å². The minimum atomic E-state index is -0.584. The van der Waals surface area contributed by atoms with Crippen LogP contribution >= 0.6 is 45.2 Å². The van der Waals surface area contributed by atoms with Gasteiger partial charge in [0.2, 0.25) is 5.88 Å². The van der Waals surface area contributed by atoms with E-state index in [1.807, 2.05) is 12.1 Å². The molecule has 0 saturated heterocycles. The highest BCUT2D eigenvalue weighted by molar-refractivity contribution is 14.1. The minimum Gasteiger partial charge on any atom is -0.487 e. The van der Waals surface area contributed by atoms with Crippen LogP contribution in [-0.4, -0.2) is 10.7 Å². The second-order valence-electron chi connectivity index (χ2n) is 7.57. The Kier molecular flexibility index (Phi) is 6.89. The lowest BCUT2D eigenvalue weighted by Gasteiger charge is -2.31. The highest BCUT2D eigenvalue weighted by Crippen LogP contribution is 2.45. The van der Waals surface area contributed by atoms with Crippen LogP contribution in [-0.2, 0) is 16.1 Å². The molecule has 0 amide bonds. The van der Waals surface area contributed by atoms with E-state index in [4.69, 9.17) is 15.2 Å². The van der Waals surface area contributed by atoms with Crippen molar-refractivity contribution in [2.24, 2.45) is 5.73 Å². The van der Waals surface area contributed by atoms with Gasteiger partial charge in [0.15, 0.2) is 5.78 Å². The van der Waals surface area contributed by atoms with Crippen molar-refractivity contribution in [1.29, 1.82) is 5.26 Å². The molecule has 4 rings (SSSR count). The largest absolute Gasteiger partial charge is 0.487 e. The predicted molar refractivity (Wildman–Crippen MR) is 136 cm³/mol. The fourth-order valence-corrected chi connectivity index (χ4v) is 6.12. The molecule has 2 aromatic carbocycles. The van der Waals surface area contributed by atoms with Crippen LogP contribution in [0.5, 0.6) is 5.75 Å². The Hall–Kier alpha value is -2.66. The summed E-state index contributed by atoms with van der Waals surface area (Å²) < 4.78 is 13.2. The van der Waals surface area contributed by atoms with Gasteiger partial charge in [-0.25, -0.2) is 0 Å². The molecule has 1 aliphatic heterocycles. The van der Waals surface area contributed by atoms with Gasteiger partial charge in [-0.1, -0.05) is 12.1 Å². The van der Waals surface area contributed by atoms with E-state index in [1.165, 1.54) is 12.1 Å². The first-order valence-corrected chi connectivity index (χ1v) is 12.1. The third-order valence-corrected chi connectivity index (χ3v) is 7.07. The lowest BCUT2D eigenvalue weighted by molar-refractivity contribution is -0.384. The number of hydrogen-bond donors (Lipinski definition) is 1. The van der Waals surface area contributed by atoms with Crippen molar-refractivity contribution >= 4 is 56.7 Å². The number of nitrogens with zero attached hydrogens (tertiary/aromatic N) is 2. The van der Waals surface area contributed by atoms with Gasteiger partial charge in [-0.15, -0.1) is 0 Å². The first-order valence-electron chi connectivity index (χ1n) is 9.99. The molecule has 2 aromatic rings. The van der Waals surface area contributed by atoms with Gasteiger partial charge >= 0.3 is 0 Å². The molecule has 2 aliphatic rings. The first kappa shape index (κ1) is 23.5. The van der Waals surface area contributed by atoms with Gasteiger partial charge in [-0.3, -0.25) is 14.9 Å². The van der Waals surface area contributed by atoms with E-state index in [-0.39, 0.29) is 29.5 Å². The summed E-state index contributed by atoms with van der Waals surface area (Å²) in [5.41, 5.74) is 8.20. The van der Waals surface area contributed by atoms with Crippen LogP contribution in [0.1, 0.15) is 36.3 Å². The number of allylic oxidation sites excluding steroid dienone is 3. The first-order chi connectivity index (χ1) is 15.8. The molecule has 2 N–H and O–H groups in total. The molecule has 0 saturated carbocycles. The number of non-ortho nitro benzene ring substituents is 1. The van der Waals surface area contributed by atoms with Gasteiger partial charge in [-0.05, 0) is 74.9 Å². The number of carbonyl (C=O) groups excluding carboxylic acids is 1. The minimum absolute atomic E-state index is 0.00463. The summed E-state index contributed by atoms with van der Waals surface area (Å²) in [6.45, 7) is 0.161. The summed E-state index contributed by atoms with van der Waals surface area (Å²) in [6.07, 6.45) is 1.71. The number of nitro groups is 1. The third-order valence-electron chi connectivity index (χ3n) is 5.46. The number of rotatable bonds is 5. The van der Waals surface area contributed by atoms with Crippen molar-refractivity contribution in [2.75, 3.05) is 0 Å². The molecule has 0 bridgehead atoms. The SMILES string of the molecule is N#CC1=C(N)OC2=C(C(=O)CCC2)[C@@H]1c1cc(I)c(OCc2cccc([N+](=O)[O-])c2)c(I)c1. The highest BCUT2D eigenvalue weighted by atomic mass is 127. The molecule has 1 heterocycles. The molecule has 0 fully saturated rings. The molecule has 0 unspecified atom stereocenters. The molecule has 33 heavy (non-hydrogen) atoms. The molecule has 0 aromatic heterocycles. The number of hydrogen-bond acceptors (Lipinski definition) is 7. The monoisotopic (exact) mass is 669 g/mol. The van der Waals surface area contributed by atoms with Crippen molar-refractivity contribution in [3.05, 3.63) is 87.6 Å². The average molecular weight is 669 g/mol. The van der Waals surface area contributed by atoms with Crippen molar-refractivity contribution in [3.8, 4) is 11.8 Å². The third kappa shape index (κ3) is 4.70. The number of carbonyl (C=O) groups is 1. The Morgan fingerprint density at radius 3 is 2.64 bits per heavy atom. The van der Waals surface area contributed by atoms with Gasteiger partial charge in [0.1, 0.15) is 29.8 Å². The molecule has 168 valence electrons. The van der Waals surface area contributed by atoms with Gasteiger partial charge in [0.05, 0.1) is 18.0 Å². The second kappa shape index (κ2) is 9.68.